The highest BCUT2D eigenvalue weighted by atomic mass is 16.4. The number of nitrogens with zero attached hydrogens (tertiary/aromatic N) is 4. The molecule has 646 valence electrons. The van der Waals surface area contributed by atoms with Gasteiger partial charge in [0.05, 0.1) is 6.04 Å². The summed E-state index contributed by atoms with van der Waals surface area (Å²) in [5, 5.41) is 40.4. The summed E-state index contributed by atoms with van der Waals surface area (Å²) in [5.74, 6) is -15.1. The van der Waals surface area contributed by atoms with Gasteiger partial charge in [-0.15, -0.1) is 0 Å². The van der Waals surface area contributed by atoms with Gasteiger partial charge in [0, 0.05) is 56.1 Å². The Balaban J connectivity index is 2.70. The zero-order valence-corrected chi connectivity index (χ0v) is 68.2. The van der Waals surface area contributed by atoms with Crippen LogP contribution in [0.4, 0.5) is 0 Å². The lowest BCUT2D eigenvalue weighted by Gasteiger charge is -2.31. The zero-order chi connectivity index (χ0) is 86.8. The van der Waals surface area contributed by atoms with E-state index in [1.54, 1.807) is 99.7 Å². The topological polar surface area (TPSA) is 726 Å². The van der Waals surface area contributed by atoms with Gasteiger partial charge in [0.2, 0.25) is 70.9 Å². The first-order valence-electron chi connectivity index (χ1n) is 39.2. The molecule has 1 aromatic heterocycles. The number of primary amides is 1. The second-order valence-electron chi connectivity index (χ2n) is 29.8. The molecule has 115 heavy (non-hydrogen) atoms. The number of carboxylic acid groups (broad SMARTS) is 1. The molecular formula is C74H131N27O14. The molecule has 41 heteroatoms. The number of aromatic nitrogens is 1. The number of H-pyrrole nitrogens is 1. The maximum absolute atomic E-state index is 15.1. The van der Waals surface area contributed by atoms with Crippen molar-refractivity contribution in [3.05, 3.63) is 36.0 Å². The van der Waals surface area contributed by atoms with Gasteiger partial charge in [0.1, 0.15) is 66.5 Å². The maximum Gasteiger partial charge on any atom is 0.326 e. The molecule has 2 aromatic rings. The van der Waals surface area contributed by atoms with Crippen LogP contribution in [0.25, 0.3) is 10.9 Å². The SMILES string of the molecule is CC[C@H](C)[C@H](NC(=O)[C@H](CCCN=C(N)N)NC(=O)[C@H](CCCN=C(N)N)NC(=O)[C@@H](NC(=O)[C@@H](NC(=O)[C@H](CC(C)C)NC(=O)[C@H](Cc1c[nH]c2ccccc12)NC(=O)[C@H](CCCN=C(N)N)NC(=O)[C@H](CCC(N)=O)NC(=O)[C@@H](N)C(C)C)[C@@H](C)CC)C(C)C)C(=O)N[C@@H](CCCN=C(N)N)C(=O)N[C@@H](CCCCN)C(=O)O. The molecule has 41 nitrogen and oxygen atoms in total. The third kappa shape index (κ3) is 37.6. The number of hydrogen-bond donors (Lipinski definition) is 24. The van der Waals surface area contributed by atoms with Gasteiger partial charge >= 0.3 is 5.97 Å². The van der Waals surface area contributed by atoms with Crippen LogP contribution >= 0.6 is 0 Å². The van der Waals surface area contributed by atoms with Crippen molar-refractivity contribution in [1.29, 1.82) is 0 Å². The molecule has 14 atom stereocenters. The minimum Gasteiger partial charge on any atom is -0.480 e. The lowest BCUT2D eigenvalue weighted by molar-refractivity contribution is -0.142. The number of aliphatic carboxylic acids is 1. The number of nitrogens with two attached hydrogens (primary N) is 11. The highest BCUT2D eigenvalue weighted by molar-refractivity contribution is 6.00. The van der Waals surface area contributed by atoms with Crippen molar-refractivity contribution < 1.29 is 67.4 Å². The predicted octanol–water partition coefficient (Wildman–Crippen LogP) is -4.49. The molecule has 0 aliphatic rings. The van der Waals surface area contributed by atoms with Crippen molar-refractivity contribution in [2.45, 2.75) is 251 Å². The van der Waals surface area contributed by atoms with E-state index in [1.165, 1.54) is 0 Å². The average molecular weight is 1620 g/mol. The first-order chi connectivity index (χ1) is 54.2. The number of carboxylic acids is 1. The van der Waals surface area contributed by atoms with Gasteiger partial charge in [0.25, 0.3) is 0 Å². The van der Waals surface area contributed by atoms with Crippen LogP contribution in [-0.2, 0) is 68.7 Å². The Labute approximate surface area is 672 Å². The first-order valence-corrected chi connectivity index (χ1v) is 39.2. The molecule has 1 heterocycles. The highest BCUT2D eigenvalue weighted by Gasteiger charge is 2.39. The molecular weight excluding hydrogens is 1490 g/mol. The lowest BCUT2D eigenvalue weighted by Crippen LogP contribution is -2.62. The number of benzene rings is 1. The number of amides is 12. The number of fused-ring (bicyclic) bond motifs is 1. The van der Waals surface area contributed by atoms with Gasteiger partial charge in [-0.3, -0.25) is 77.5 Å². The molecule has 35 N–H and O–H groups in total. The predicted molar refractivity (Wildman–Crippen MR) is 438 cm³/mol. The van der Waals surface area contributed by atoms with E-state index < -0.39 is 167 Å². The van der Waals surface area contributed by atoms with Crippen LogP contribution in [0.2, 0.25) is 0 Å². The summed E-state index contributed by atoms with van der Waals surface area (Å²) in [6.07, 6.45) is 2.20. The summed E-state index contributed by atoms with van der Waals surface area (Å²) in [6.45, 7) is 17.3. The van der Waals surface area contributed by atoms with Gasteiger partial charge < -0.3 is 132 Å². The summed E-state index contributed by atoms with van der Waals surface area (Å²) in [5.41, 5.74) is 63.2. The van der Waals surface area contributed by atoms with Gasteiger partial charge in [-0.05, 0) is 131 Å². The van der Waals surface area contributed by atoms with Crippen LogP contribution < -0.4 is 122 Å². The third-order valence-corrected chi connectivity index (χ3v) is 19.1. The van der Waals surface area contributed by atoms with Gasteiger partial charge in [-0.2, -0.15) is 0 Å². The molecule has 0 saturated carbocycles. The van der Waals surface area contributed by atoms with Crippen molar-refractivity contribution in [3.63, 3.8) is 0 Å². The van der Waals surface area contributed by atoms with E-state index in [0.29, 0.717) is 35.7 Å². The molecule has 0 saturated heterocycles. The Morgan fingerprint density at radius 2 is 0.739 bits per heavy atom. The lowest BCUT2D eigenvalue weighted by atomic mass is 9.95. The van der Waals surface area contributed by atoms with E-state index in [9.17, 15) is 62.6 Å². The number of guanidine groups is 4. The number of para-hydroxylation sites is 1. The summed E-state index contributed by atoms with van der Waals surface area (Å²) < 4.78 is 0. The molecule has 2 rings (SSSR count). The van der Waals surface area contributed by atoms with Gasteiger partial charge in [-0.1, -0.05) is 100 Å². The Morgan fingerprint density at radius 3 is 1.13 bits per heavy atom. The van der Waals surface area contributed by atoms with Gasteiger partial charge in [-0.25, -0.2) is 4.79 Å². The molecule has 0 radical (unpaired) electrons. The molecule has 12 amide bonds. The molecule has 1 aromatic carbocycles. The van der Waals surface area contributed by atoms with Crippen LogP contribution in [0.5, 0.6) is 0 Å². The van der Waals surface area contributed by atoms with Crippen LogP contribution in [0, 0.1) is 29.6 Å². The van der Waals surface area contributed by atoms with Crippen molar-refractivity contribution in [3.8, 4) is 0 Å². The number of rotatable bonds is 56. The van der Waals surface area contributed by atoms with Crippen molar-refractivity contribution in [2.24, 2.45) is 113 Å². The van der Waals surface area contributed by atoms with Crippen LogP contribution in [0.3, 0.4) is 0 Å². The van der Waals surface area contributed by atoms with E-state index in [2.05, 4.69) is 83.4 Å². The number of carbonyl (C=O) groups is 13. The molecule has 0 spiro atoms. The van der Waals surface area contributed by atoms with E-state index in [1.807, 2.05) is 0 Å². The second kappa shape index (κ2) is 52.3. The Bertz CT molecular complexity index is 3630. The van der Waals surface area contributed by atoms with Gasteiger partial charge in [0.15, 0.2) is 23.8 Å². The summed E-state index contributed by atoms with van der Waals surface area (Å²) in [6, 6.07) is -9.47. The number of aliphatic imine (C=N–C) groups is 4. The van der Waals surface area contributed by atoms with Crippen LogP contribution in [-0.4, -0.2) is 216 Å². The van der Waals surface area contributed by atoms with E-state index >= 15 is 4.79 Å². The summed E-state index contributed by atoms with van der Waals surface area (Å²) in [7, 11) is 0. The number of hydrogen-bond acceptors (Lipinski definition) is 19. The first kappa shape index (κ1) is 99.9. The molecule has 0 aliphatic carbocycles. The average Bonchev–Trinajstić information content (AvgIpc) is 1.68. The summed E-state index contributed by atoms with van der Waals surface area (Å²) >= 11 is 0. The molecule has 0 bridgehead atoms. The largest absolute Gasteiger partial charge is 0.480 e. The molecule has 0 fully saturated rings. The monoisotopic (exact) mass is 1620 g/mol. The van der Waals surface area contributed by atoms with Crippen LogP contribution in [0.15, 0.2) is 50.4 Å². The number of nitrogens with one attached hydrogen (secondary N) is 12. The Hall–Kier alpha value is -11.1. The quantitative estimate of drug-likeness (QED) is 0.0169. The van der Waals surface area contributed by atoms with E-state index in [0.717, 1.165) is 0 Å². The molecule has 0 unspecified atom stereocenters. The summed E-state index contributed by atoms with van der Waals surface area (Å²) in [4.78, 5) is 203. The van der Waals surface area contributed by atoms with E-state index in [4.69, 9.17) is 63.1 Å². The minimum atomic E-state index is -1.49. The van der Waals surface area contributed by atoms with Crippen LogP contribution in [0.1, 0.15) is 178 Å². The highest BCUT2D eigenvalue weighted by Crippen LogP contribution is 2.22. The van der Waals surface area contributed by atoms with Crippen molar-refractivity contribution in [2.75, 3.05) is 32.7 Å². The Kier molecular flexibility index (Phi) is 45.5. The zero-order valence-electron chi connectivity index (χ0n) is 68.2. The van der Waals surface area contributed by atoms with Crippen molar-refractivity contribution >= 4 is 112 Å². The third-order valence-electron chi connectivity index (χ3n) is 19.1. The normalized spacial score (nSPS) is 14.9. The fraction of sp³-hybridized carbons (Fsp3) is 0.662. The number of aromatic amines is 1. The van der Waals surface area contributed by atoms with E-state index in [-0.39, 0.29) is 158 Å². The fourth-order valence-corrected chi connectivity index (χ4v) is 12.0. The Morgan fingerprint density at radius 1 is 0.400 bits per heavy atom. The molecule has 0 aliphatic heterocycles. The second-order valence-corrected chi connectivity index (χ2v) is 29.8. The van der Waals surface area contributed by atoms with Crippen molar-refractivity contribution in [1.82, 2.24) is 63.5 Å². The smallest absolute Gasteiger partial charge is 0.326 e. The fourth-order valence-electron chi connectivity index (χ4n) is 12.0. The maximum atomic E-state index is 15.1. The number of unbranched alkanes of at least 4 members (excludes halogenated alkanes) is 1. The standard InChI is InChI=1S/C74H131N27O14/c1-11-41(9)57(68(112)95-48(26-19-33-88-73(82)83)60(104)96-51(70(114)115)23-15-16-30-75)100-63(107)49(27-20-34-89-74(84)85)92-59(103)47(25-18-32-87-72(80)81)94-67(111)56(40(7)8)99-69(113)58(42(10)12-2)101-65(109)52(35-38(3)4)97-64(108)53(36-43-37-90-45-22-14-13-21-44(43)45)98-61(105)46(24-17-31-86-71(78)79)91-62(106)50(28-29-54(76)102)93-66(110)55(77)39(5)6/h13-14,21-22,37-42,46-53,55-58,90H,11-12,15-20,23-36,75,77H2,1-10H3,(H2,76,102)(H,91,106)(H,92,103)(H,93,110)(H,94,111)(H,95,112)(H,96,104)(H,97,108)(H,98,105)(H,99,113)(H,100,107)(H,101,109)(H,114,115)(H4,78,79,86)(H4,80,81,87)(H4,82,83,88)(H4,84,85,89)/t41-,42-,46-,47-,48-,49-,50-,51-,52-,53-,55-,56-,57-,58-/m0/s1. The minimum absolute atomic E-state index is 0.00252. The number of carbonyl (C=O) groups excluding carboxylic acids is 12.